The fourth-order valence-electron chi connectivity index (χ4n) is 2.00. The third-order valence-corrected chi connectivity index (χ3v) is 3.24. The molecule has 1 aromatic heterocycles. The predicted octanol–water partition coefficient (Wildman–Crippen LogP) is 1.57. The highest BCUT2D eigenvalue weighted by Gasteiger charge is 2.14. The van der Waals surface area contributed by atoms with Gasteiger partial charge in [0, 0.05) is 44.6 Å². The molecule has 0 fully saturated rings. The molecule has 1 rings (SSSR count). The minimum atomic E-state index is 0.417. The van der Waals surface area contributed by atoms with Crippen LogP contribution < -0.4 is 5.32 Å². The Morgan fingerprint density at radius 2 is 2.26 bits per heavy atom. The molecule has 1 aromatic rings. The van der Waals surface area contributed by atoms with Crippen molar-refractivity contribution in [1.82, 2.24) is 15.2 Å². The van der Waals surface area contributed by atoms with E-state index in [4.69, 9.17) is 4.74 Å². The van der Waals surface area contributed by atoms with Gasteiger partial charge in [0.05, 0.1) is 6.61 Å². The van der Waals surface area contributed by atoms with Crippen LogP contribution in [-0.2, 0) is 11.2 Å². The lowest BCUT2D eigenvalue weighted by Crippen LogP contribution is -2.44. The fraction of sp³-hybridized carbons (Fsp3) is 0.667. The highest BCUT2D eigenvalue weighted by Crippen LogP contribution is 2.01. The van der Waals surface area contributed by atoms with Crippen LogP contribution in [0.5, 0.6) is 0 Å². The smallest absolute Gasteiger partial charge is 0.0630 e. The summed E-state index contributed by atoms with van der Waals surface area (Å²) in [7, 11) is 3.92. The van der Waals surface area contributed by atoms with Crippen molar-refractivity contribution in [2.45, 2.75) is 25.8 Å². The standard InChI is InChI=1S/C15H27N3O/c1-4-9-16-12-15(13-19-3)18(2)11-8-14-7-5-6-10-17-14/h5-7,10,15-16H,4,8-9,11-13H2,1-3H3. The number of ether oxygens (including phenoxy) is 1. The van der Waals surface area contributed by atoms with Crippen molar-refractivity contribution in [3.8, 4) is 0 Å². The van der Waals surface area contributed by atoms with E-state index < -0.39 is 0 Å². The van der Waals surface area contributed by atoms with Crippen LogP contribution in [0, 0.1) is 0 Å². The van der Waals surface area contributed by atoms with Gasteiger partial charge < -0.3 is 10.1 Å². The summed E-state index contributed by atoms with van der Waals surface area (Å²) in [5, 5.41) is 3.46. The van der Waals surface area contributed by atoms with Crippen LogP contribution >= 0.6 is 0 Å². The Hall–Kier alpha value is -0.970. The van der Waals surface area contributed by atoms with Crippen LogP contribution in [0.3, 0.4) is 0 Å². The number of hydrogen-bond donors (Lipinski definition) is 1. The second-order valence-electron chi connectivity index (χ2n) is 4.86. The monoisotopic (exact) mass is 265 g/mol. The first-order chi connectivity index (χ1) is 9.27. The molecule has 108 valence electrons. The molecule has 4 heteroatoms. The molecule has 0 aliphatic heterocycles. The zero-order chi connectivity index (χ0) is 13.9. The van der Waals surface area contributed by atoms with E-state index in [0.29, 0.717) is 6.04 Å². The van der Waals surface area contributed by atoms with Gasteiger partial charge in [-0.05, 0) is 32.1 Å². The summed E-state index contributed by atoms with van der Waals surface area (Å²) in [4.78, 5) is 6.71. The number of methoxy groups -OCH3 is 1. The molecule has 0 aliphatic rings. The number of aromatic nitrogens is 1. The van der Waals surface area contributed by atoms with E-state index in [2.05, 4.69) is 35.2 Å². The van der Waals surface area contributed by atoms with E-state index in [1.54, 1.807) is 7.11 Å². The maximum atomic E-state index is 5.31. The number of pyridine rings is 1. The molecule has 0 aliphatic carbocycles. The van der Waals surface area contributed by atoms with E-state index in [-0.39, 0.29) is 0 Å². The van der Waals surface area contributed by atoms with Crippen molar-refractivity contribution in [3.05, 3.63) is 30.1 Å². The van der Waals surface area contributed by atoms with Gasteiger partial charge >= 0.3 is 0 Å². The summed E-state index contributed by atoms with van der Waals surface area (Å²) < 4.78 is 5.31. The van der Waals surface area contributed by atoms with E-state index in [1.165, 1.54) is 0 Å². The lowest BCUT2D eigenvalue weighted by Gasteiger charge is -2.27. The first-order valence-electron chi connectivity index (χ1n) is 7.07. The summed E-state index contributed by atoms with van der Waals surface area (Å²) in [6.45, 7) is 5.98. The van der Waals surface area contributed by atoms with Gasteiger partial charge in [0.1, 0.15) is 0 Å². The van der Waals surface area contributed by atoms with E-state index >= 15 is 0 Å². The second kappa shape index (κ2) is 9.89. The van der Waals surface area contributed by atoms with Crippen LogP contribution in [0.25, 0.3) is 0 Å². The normalized spacial score (nSPS) is 12.8. The molecule has 19 heavy (non-hydrogen) atoms. The molecule has 0 radical (unpaired) electrons. The summed E-state index contributed by atoms with van der Waals surface area (Å²) in [5.41, 5.74) is 1.15. The Balaban J connectivity index is 2.36. The number of nitrogens with one attached hydrogen (secondary N) is 1. The van der Waals surface area contributed by atoms with Crippen LogP contribution in [0.15, 0.2) is 24.4 Å². The van der Waals surface area contributed by atoms with Gasteiger partial charge in [-0.1, -0.05) is 13.0 Å². The summed E-state index contributed by atoms with van der Waals surface area (Å²) in [6.07, 6.45) is 3.99. The third kappa shape index (κ3) is 6.66. The Labute approximate surface area is 117 Å². The largest absolute Gasteiger partial charge is 0.383 e. The molecule has 1 unspecified atom stereocenters. The van der Waals surface area contributed by atoms with Gasteiger partial charge in [-0.2, -0.15) is 0 Å². The molecule has 0 aromatic carbocycles. The van der Waals surface area contributed by atoms with Crippen molar-refractivity contribution in [1.29, 1.82) is 0 Å². The third-order valence-electron chi connectivity index (χ3n) is 3.24. The zero-order valence-corrected chi connectivity index (χ0v) is 12.4. The highest BCUT2D eigenvalue weighted by atomic mass is 16.5. The Bertz CT molecular complexity index is 318. The van der Waals surface area contributed by atoms with Crippen molar-refractivity contribution >= 4 is 0 Å². The average molecular weight is 265 g/mol. The molecular formula is C15H27N3O. The predicted molar refractivity (Wildman–Crippen MR) is 79.4 cm³/mol. The SMILES string of the molecule is CCCNCC(COC)N(C)CCc1ccccn1. The van der Waals surface area contributed by atoms with E-state index in [1.807, 2.05) is 18.3 Å². The Morgan fingerprint density at radius 3 is 2.89 bits per heavy atom. The molecule has 0 spiro atoms. The van der Waals surface area contributed by atoms with Gasteiger partial charge in [-0.3, -0.25) is 9.88 Å². The number of rotatable bonds is 10. The van der Waals surface area contributed by atoms with Crippen molar-refractivity contribution < 1.29 is 4.74 Å². The van der Waals surface area contributed by atoms with E-state index in [9.17, 15) is 0 Å². The molecule has 1 heterocycles. The maximum absolute atomic E-state index is 5.31. The van der Waals surface area contributed by atoms with Crippen molar-refractivity contribution in [2.75, 3.05) is 40.4 Å². The Kier molecular flexibility index (Phi) is 8.38. The molecule has 0 saturated heterocycles. The summed E-state index contributed by atoms with van der Waals surface area (Å²) in [5.74, 6) is 0. The quantitative estimate of drug-likeness (QED) is 0.652. The van der Waals surface area contributed by atoms with E-state index in [0.717, 1.165) is 44.8 Å². The van der Waals surface area contributed by atoms with Gasteiger partial charge in [0.25, 0.3) is 0 Å². The van der Waals surface area contributed by atoms with Gasteiger partial charge in [0.15, 0.2) is 0 Å². The minimum Gasteiger partial charge on any atom is -0.383 e. The first kappa shape index (κ1) is 16.1. The fourth-order valence-corrected chi connectivity index (χ4v) is 2.00. The molecule has 1 N–H and O–H groups in total. The molecule has 1 atom stereocenters. The second-order valence-corrected chi connectivity index (χ2v) is 4.86. The topological polar surface area (TPSA) is 37.4 Å². The molecule has 0 bridgehead atoms. The molecule has 0 amide bonds. The summed E-state index contributed by atoms with van der Waals surface area (Å²) >= 11 is 0. The lowest BCUT2D eigenvalue weighted by atomic mass is 10.2. The van der Waals surface area contributed by atoms with Gasteiger partial charge in [-0.25, -0.2) is 0 Å². The minimum absolute atomic E-state index is 0.417. The molecule has 4 nitrogen and oxygen atoms in total. The molecule has 0 saturated carbocycles. The first-order valence-corrected chi connectivity index (χ1v) is 7.07. The Morgan fingerprint density at radius 1 is 1.42 bits per heavy atom. The number of likely N-dealkylation sites (N-methyl/N-ethyl adjacent to an activating group) is 1. The van der Waals surface area contributed by atoms with Crippen LogP contribution in [0.4, 0.5) is 0 Å². The average Bonchev–Trinajstić information content (AvgIpc) is 2.45. The van der Waals surface area contributed by atoms with Crippen molar-refractivity contribution in [2.24, 2.45) is 0 Å². The van der Waals surface area contributed by atoms with Crippen molar-refractivity contribution in [3.63, 3.8) is 0 Å². The highest BCUT2D eigenvalue weighted by molar-refractivity contribution is 5.03. The number of hydrogen-bond acceptors (Lipinski definition) is 4. The van der Waals surface area contributed by atoms with Gasteiger partial charge in [0.2, 0.25) is 0 Å². The van der Waals surface area contributed by atoms with Gasteiger partial charge in [-0.15, -0.1) is 0 Å². The lowest BCUT2D eigenvalue weighted by molar-refractivity contribution is 0.106. The zero-order valence-electron chi connectivity index (χ0n) is 12.4. The molecular weight excluding hydrogens is 238 g/mol. The number of nitrogens with zero attached hydrogens (tertiary/aromatic N) is 2. The van der Waals surface area contributed by atoms with Crippen LogP contribution in [0.1, 0.15) is 19.0 Å². The maximum Gasteiger partial charge on any atom is 0.0630 e. The van der Waals surface area contributed by atoms with Crippen LogP contribution in [-0.4, -0.2) is 56.3 Å². The summed E-state index contributed by atoms with van der Waals surface area (Å²) in [6, 6.07) is 6.49. The van der Waals surface area contributed by atoms with Crippen LogP contribution in [0.2, 0.25) is 0 Å².